The van der Waals surface area contributed by atoms with Crippen LogP contribution < -0.4 is 10.5 Å². The van der Waals surface area contributed by atoms with Crippen molar-refractivity contribution >= 4 is 11.8 Å². The highest BCUT2D eigenvalue weighted by molar-refractivity contribution is 5.96. The number of amides is 2. The summed E-state index contributed by atoms with van der Waals surface area (Å²) in [4.78, 5) is 25.9. The Bertz CT molecular complexity index is 737. The van der Waals surface area contributed by atoms with Crippen LogP contribution in [0.1, 0.15) is 22.6 Å². The van der Waals surface area contributed by atoms with Crippen molar-refractivity contribution < 1.29 is 14.3 Å². The Kier molecular flexibility index (Phi) is 4.24. The van der Waals surface area contributed by atoms with Crippen molar-refractivity contribution in [3.05, 3.63) is 47.8 Å². The summed E-state index contributed by atoms with van der Waals surface area (Å²) >= 11 is 0. The van der Waals surface area contributed by atoms with Crippen LogP contribution in [-0.2, 0) is 11.8 Å². The molecule has 0 unspecified atom stereocenters. The summed E-state index contributed by atoms with van der Waals surface area (Å²) in [5.74, 6) is -0.134. The summed E-state index contributed by atoms with van der Waals surface area (Å²) in [6.07, 6.45) is 0.0977. The molecule has 2 amide bonds. The van der Waals surface area contributed by atoms with Gasteiger partial charge in [-0.2, -0.15) is 5.10 Å². The number of carbonyl (C=O) groups is 2. The van der Waals surface area contributed by atoms with Gasteiger partial charge >= 0.3 is 0 Å². The fourth-order valence-electron chi connectivity index (χ4n) is 2.88. The molecule has 126 valence electrons. The Labute approximate surface area is 140 Å². The second kappa shape index (κ2) is 6.35. The highest BCUT2D eigenvalue weighted by Crippen LogP contribution is 2.24. The number of primary amides is 1. The minimum atomic E-state index is -0.687. The fourth-order valence-corrected chi connectivity index (χ4v) is 2.88. The van der Waals surface area contributed by atoms with Crippen molar-refractivity contribution in [1.29, 1.82) is 0 Å². The van der Waals surface area contributed by atoms with Gasteiger partial charge in [-0.05, 0) is 25.1 Å². The van der Waals surface area contributed by atoms with E-state index in [1.54, 1.807) is 17.8 Å². The van der Waals surface area contributed by atoms with E-state index >= 15 is 0 Å². The lowest BCUT2D eigenvalue weighted by molar-refractivity contribution is -0.121. The molecule has 2 aromatic rings. The molecule has 7 heteroatoms. The molecule has 7 nitrogen and oxygen atoms in total. The summed E-state index contributed by atoms with van der Waals surface area (Å²) in [5, 5.41) is 4.19. The highest BCUT2D eigenvalue weighted by atomic mass is 16.5. The first-order chi connectivity index (χ1) is 11.5. The summed E-state index contributed by atoms with van der Waals surface area (Å²) in [7, 11) is 1.77. The molecule has 0 bridgehead atoms. The van der Waals surface area contributed by atoms with Crippen molar-refractivity contribution in [2.45, 2.75) is 25.5 Å². The van der Waals surface area contributed by atoms with Gasteiger partial charge in [0.15, 0.2) is 5.69 Å². The third-order valence-electron chi connectivity index (χ3n) is 4.23. The van der Waals surface area contributed by atoms with Gasteiger partial charge in [-0.15, -0.1) is 0 Å². The van der Waals surface area contributed by atoms with Crippen LogP contribution in [0.2, 0.25) is 0 Å². The molecule has 3 rings (SSSR count). The van der Waals surface area contributed by atoms with E-state index in [9.17, 15) is 9.59 Å². The number of benzene rings is 1. The largest absolute Gasteiger partial charge is 0.488 e. The molecule has 0 radical (unpaired) electrons. The third kappa shape index (κ3) is 3.10. The van der Waals surface area contributed by atoms with Crippen molar-refractivity contribution in [1.82, 2.24) is 14.7 Å². The van der Waals surface area contributed by atoms with Gasteiger partial charge in [0.1, 0.15) is 17.9 Å². The van der Waals surface area contributed by atoms with Gasteiger partial charge in [0, 0.05) is 19.2 Å². The predicted octanol–water partition coefficient (Wildman–Crippen LogP) is 0.876. The lowest BCUT2D eigenvalue weighted by Crippen LogP contribution is -2.44. The Morgan fingerprint density at radius 1 is 1.29 bits per heavy atom. The van der Waals surface area contributed by atoms with Crippen LogP contribution in [0.3, 0.4) is 0 Å². The van der Waals surface area contributed by atoms with Gasteiger partial charge < -0.3 is 15.4 Å². The smallest absolute Gasteiger partial charge is 0.275 e. The molecule has 0 aliphatic carbocycles. The molecule has 0 saturated carbocycles. The zero-order valence-corrected chi connectivity index (χ0v) is 13.7. The van der Waals surface area contributed by atoms with Crippen molar-refractivity contribution in [2.75, 3.05) is 6.54 Å². The maximum atomic E-state index is 12.7. The van der Waals surface area contributed by atoms with E-state index in [1.165, 1.54) is 4.90 Å². The van der Waals surface area contributed by atoms with Crippen LogP contribution in [0, 0.1) is 6.92 Å². The molecule has 1 fully saturated rings. The molecular formula is C17H20N4O3. The van der Waals surface area contributed by atoms with Gasteiger partial charge in [0.2, 0.25) is 5.91 Å². The first-order valence-electron chi connectivity index (χ1n) is 7.78. The summed E-state index contributed by atoms with van der Waals surface area (Å²) < 4.78 is 7.50. The minimum absolute atomic E-state index is 0.279. The lowest BCUT2D eigenvalue weighted by atomic mass is 10.2. The second-order valence-electron chi connectivity index (χ2n) is 5.96. The van der Waals surface area contributed by atoms with E-state index in [0.29, 0.717) is 24.4 Å². The zero-order chi connectivity index (χ0) is 17.3. The number of carbonyl (C=O) groups excluding carboxylic acids is 2. The number of ether oxygens (including phenoxy) is 1. The highest BCUT2D eigenvalue weighted by Gasteiger charge is 2.40. The molecular weight excluding hydrogens is 308 g/mol. The third-order valence-corrected chi connectivity index (χ3v) is 4.23. The molecule has 2 N–H and O–H groups in total. The first kappa shape index (κ1) is 16.0. The average molecular weight is 328 g/mol. The van der Waals surface area contributed by atoms with E-state index in [0.717, 1.165) is 5.69 Å². The molecule has 0 spiro atoms. The number of aryl methyl sites for hydroxylation is 2. The second-order valence-corrected chi connectivity index (χ2v) is 5.96. The van der Waals surface area contributed by atoms with Crippen LogP contribution in [0.15, 0.2) is 36.4 Å². The van der Waals surface area contributed by atoms with E-state index in [-0.39, 0.29) is 12.0 Å². The maximum absolute atomic E-state index is 12.7. The molecule has 1 aromatic heterocycles. The van der Waals surface area contributed by atoms with Crippen LogP contribution in [-0.4, -0.2) is 45.2 Å². The van der Waals surface area contributed by atoms with Crippen LogP contribution in [0.5, 0.6) is 5.75 Å². The first-order valence-corrected chi connectivity index (χ1v) is 7.78. The van der Waals surface area contributed by atoms with Gasteiger partial charge in [-0.1, -0.05) is 18.2 Å². The molecule has 2 heterocycles. The minimum Gasteiger partial charge on any atom is -0.488 e. The van der Waals surface area contributed by atoms with E-state index in [2.05, 4.69) is 5.10 Å². The molecule has 1 saturated heterocycles. The quantitative estimate of drug-likeness (QED) is 0.902. The van der Waals surface area contributed by atoms with Gasteiger partial charge in [0.25, 0.3) is 5.91 Å². The summed E-state index contributed by atoms with van der Waals surface area (Å²) in [6.45, 7) is 2.16. The normalized spacial score (nSPS) is 20.2. The van der Waals surface area contributed by atoms with Crippen LogP contribution >= 0.6 is 0 Å². The SMILES string of the molecule is Cc1cc(C(=O)N2C[C@@H](Oc3ccccc3)C[C@H]2C(N)=O)nn1C. The molecule has 2 atom stereocenters. The number of rotatable bonds is 4. The summed E-state index contributed by atoms with van der Waals surface area (Å²) in [5.41, 5.74) is 6.65. The summed E-state index contributed by atoms with van der Waals surface area (Å²) in [6, 6.07) is 10.3. The Hall–Kier alpha value is -2.83. The Morgan fingerprint density at radius 3 is 2.58 bits per heavy atom. The van der Waals surface area contributed by atoms with Gasteiger partial charge in [0.05, 0.1) is 6.54 Å². The van der Waals surface area contributed by atoms with E-state index in [4.69, 9.17) is 10.5 Å². The zero-order valence-electron chi connectivity index (χ0n) is 13.7. The van der Waals surface area contributed by atoms with Crippen molar-refractivity contribution in [3.8, 4) is 5.75 Å². The number of nitrogens with zero attached hydrogens (tertiary/aromatic N) is 3. The van der Waals surface area contributed by atoms with E-state index in [1.807, 2.05) is 37.3 Å². The Morgan fingerprint density at radius 2 is 2.00 bits per heavy atom. The van der Waals surface area contributed by atoms with E-state index < -0.39 is 11.9 Å². The van der Waals surface area contributed by atoms with Gasteiger partial charge in [-0.25, -0.2) is 0 Å². The van der Waals surface area contributed by atoms with Gasteiger partial charge in [-0.3, -0.25) is 14.3 Å². The number of likely N-dealkylation sites (tertiary alicyclic amines) is 1. The van der Waals surface area contributed by atoms with Crippen molar-refractivity contribution in [2.24, 2.45) is 12.8 Å². The monoisotopic (exact) mass is 328 g/mol. The standard InChI is InChI=1S/C17H20N4O3/c1-11-8-14(19-20(11)2)17(23)21-10-13(9-15(21)16(18)22)24-12-6-4-3-5-7-12/h3-8,13,15H,9-10H2,1-2H3,(H2,18,22)/t13-,15-/m0/s1. The topological polar surface area (TPSA) is 90.4 Å². The number of hydrogen-bond donors (Lipinski definition) is 1. The number of nitrogens with two attached hydrogens (primary N) is 1. The lowest BCUT2D eigenvalue weighted by Gasteiger charge is -2.20. The Balaban J connectivity index is 1.78. The maximum Gasteiger partial charge on any atom is 0.275 e. The fraction of sp³-hybridized carbons (Fsp3) is 0.353. The number of para-hydroxylation sites is 1. The van der Waals surface area contributed by atoms with Crippen LogP contribution in [0.25, 0.3) is 0 Å². The molecule has 1 aromatic carbocycles. The average Bonchev–Trinajstić information content (AvgIpc) is 3.12. The predicted molar refractivity (Wildman–Crippen MR) is 87.4 cm³/mol. The molecule has 24 heavy (non-hydrogen) atoms. The number of aromatic nitrogens is 2. The molecule has 1 aliphatic rings. The molecule has 1 aliphatic heterocycles. The number of hydrogen-bond acceptors (Lipinski definition) is 4. The van der Waals surface area contributed by atoms with Crippen LogP contribution in [0.4, 0.5) is 0 Å². The van der Waals surface area contributed by atoms with Crippen molar-refractivity contribution in [3.63, 3.8) is 0 Å².